The molecule has 0 bridgehead atoms. The average Bonchev–Trinajstić information content (AvgIpc) is 2.66. The largest absolute Gasteiger partial charge is 0.395 e. The van der Waals surface area contributed by atoms with E-state index in [4.69, 9.17) is 5.11 Å². The summed E-state index contributed by atoms with van der Waals surface area (Å²) in [5.41, 5.74) is 2.98. The van der Waals surface area contributed by atoms with E-state index in [0.717, 1.165) is 27.1 Å². The van der Waals surface area contributed by atoms with Gasteiger partial charge in [0.2, 0.25) is 5.95 Å². The Labute approximate surface area is 155 Å². The van der Waals surface area contributed by atoms with Gasteiger partial charge in [0, 0.05) is 29.2 Å². The summed E-state index contributed by atoms with van der Waals surface area (Å²) in [6, 6.07) is 19.9. The third-order valence-corrected chi connectivity index (χ3v) is 4.38. The molecule has 25 heavy (non-hydrogen) atoms. The normalized spacial score (nSPS) is 10.5. The van der Waals surface area contributed by atoms with Crippen LogP contribution in [0.3, 0.4) is 0 Å². The predicted octanol–water partition coefficient (Wildman–Crippen LogP) is 3.92. The molecule has 0 atom stereocenters. The van der Waals surface area contributed by atoms with Crippen LogP contribution in [0.4, 0.5) is 11.8 Å². The first-order chi connectivity index (χ1) is 12.3. The van der Waals surface area contributed by atoms with Crippen molar-refractivity contribution in [3.63, 3.8) is 0 Å². The molecule has 3 aromatic rings. The summed E-state index contributed by atoms with van der Waals surface area (Å²) < 4.78 is 1.05. The van der Waals surface area contributed by atoms with Crippen LogP contribution in [0.25, 0.3) is 11.3 Å². The first kappa shape index (κ1) is 17.4. The van der Waals surface area contributed by atoms with Gasteiger partial charge in [-0.1, -0.05) is 64.5 Å². The van der Waals surface area contributed by atoms with Crippen LogP contribution in [-0.2, 0) is 6.54 Å². The van der Waals surface area contributed by atoms with E-state index in [-0.39, 0.29) is 6.61 Å². The zero-order valence-corrected chi connectivity index (χ0v) is 15.2. The highest BCUT2D eigenvalue weighted by Crippen LogP contribution is 2.22. The Bertz CT molecular complexity index is 827. The molecule has 5 nitrogen and oxygen atoms in total. The van der Waals surface area contributed by atoms with Gasteiger partial charge in [-0.05, 0) is 11.6 Å². The van der Waals surface area contributed by atoms with E-state index in [1.807, 2.05) is 54.6 Å². The summed E-state index contributed by atoms with van der Waals surface area (Å²) in [5, 5.41) is 15.4. The highest BCUT2D eigenvalue weighted by Gasteiger charge is 2.07. The molecule has 0 aliphatic heterocycles. The lowest BCUT2D eigenvalue weighted by atomic mass is 10.1. The number of halogens is 1. The number of aromatic nitrogens is 2. The second-order valence-electron chi connectivity index (χ2n) is 5.42. The van der Waals surface area contributed by atoms with Gasteiger partial charge in [-0.3, -0.25) is 0 Å². The SMILES string of the molecule is OCCNc1nc(NCc2ccccc2Br)cc(-c2ccccc2)n1. The van der Waals surface area contributed by atoms with Crippen LogP contribution in [0, 0.1) is 0 Å². The van der Waals surface area contributed by atoms with Crippen LogP contribution >= 0.6 is 15.9 Å². The van der Waals surface area contributed by atoms with Crippen LogP contribution in [0.2, 0.25) is 0 Å². The van der Waals surface area contributed by atoms with Crippen molar-refractivity contribution in [1.29, 1.82) is 0 Å². The minimum absolute atomic E-state index is 0.0264. The van der Waals surface area contributed by atoms with Crippen molar-refractivity contribution in [1.82, 2.24) is 9.97 Å². The molecule has 3 rings (SSSR count). The topological polar surface area (TPSA) is 70.1 Å². The molecule has 0 fully saturated rings. The Hall–Kier alpha value is -2.44. The molecule has 6 heteroatoms. The number of nitrogens with zero attached hydrogens (tertiary/aromatic N) is 2. The molecule has 0 spiro atoms. The van der Waals surface area contributed by atoms with Gasteiger partial charge in [0.1, 0.15) is 5.82 Å². The molecule has 0 aliphatic carbocycles. The molecule has 1 aromatic heterocycles. The van der Waals surface area contributed by atoms with E-state index in [9.17, 15) is 0 Å². The monoisotopic (exact) mass is 398 g/mol. The van der Waals surface area contributed by atoms with Crippen molar-refractivity contribution >= 4 is 27.7 Å². The van der Waals surface area contributed by atoms with E-state index in [2.05, 4.69) is 42.6 Å². The van der Waals surface area contributed by atoms with Crippen LogP contribution in [0.5, 0.6) is 0 Å². The number of hydrogen-bond acceptors (Lipinski definition) is 5. The molecule has 3 N–H and O–H groups in total. The van der Waals surface area contributed by atoms with Crippen molar-refractivity contribution in [2.45, 2.75) is 6.54 Å². The Morgan fingerprint density at radius 3 is 2.44 bits per heavy atom. The Kier molecular flexibility index (Phi) is 5.98. The summed E-state index contributed by atoms with van der Waals surface area (Å²) in [7, 11) is 0. The van der Waals surface area contributed by atoms with Crippen molar-refractivity contribution in [3.05, 3.63) is 70.7 Å². The first-order valence-electron chi connectivity index (χ1n) is 8.03. The lowest BCUT2D eigenvalue weighted by Gasteiger charge is -2.12. The molecule has 0 unspecified atom stereocenters. The van der Waals surface area contributed by atoms with Crippen LogP contribution in [-0.4, -0.2) is 28.2 Å². The van der Waals surface area contributed by atoms with E-state index in [1.54, 1.807) is 0 Å². The number of aliphatic hydroxyl groups excluding tert-OH is 1. The third-order valence-electron chi connectivity index (χ3n) is 3.61. The molecule has 1 heterocycles. The fourth-order valence-electron chi connectivity index (χ4n) is 2.37. The van der Waals surface area contributed by atoms with Gasteiger partial charge in [-0.15, -0.1) is 0 Å². The van der Waals surface area contributed by atoms with Crippen molar-refractivity contribution in [3.8, 4) is 11.3 Å². The molecule has 0 saturated heterocycles. The Morgan fingerprint density at radius 1 is 0.920 bits per heavy atom. The molecule has 0 radical (unpaired) electrons. The van der Waals surface area contributed by atoms with Gasteiger partial charge < -0.3 is 15.7 Å². The van der Waals surface area contributed by atoms with Gasteiger partial charge in [0.15, 0.2) is 0 Å². The van der Waals surface area contributed by atoms with Crippen molar-refractivity contribution in [2.75, 3.05) is 23.8 Å². The number of benzene rings is 2. The molecule has 128 valence electrons. The summed E-state index contributed by atoms with van der Waals surface area (Å²) in [6.45, 7) is 1.08. The Balaban J connectivity index is 1.85. The second-order valence-corrected chi connectivity index (χ2v) is 6.28. The molecular formula is C19H19BrN4O. The van der Waals surface area contributed by atoms with Gasteiger partial charge in [-0.25, -0.2) is 4.98 Å². The fraction of sp³-hybridized carbons (Fsp3) is 0.158. The number of aliphatic hydroxyl groups is 1. The summed E-state index contributed by atoms with van der Waals surface area (Å²) >= 11 is 3.56. The smallest absolute Gasteiger partial charge is 0.225 e. The summed E-state index contributed by atoms with van der Waals surface area (Å²) in [6.07, 6.45) is 0. The Morgan fingerprint density at radius 2 is 1.68 bits per heavy atom. The van der Waals surface area contributed by atoms with E-state index in [1.165, 1.54) is 0 Å². The number of anilines is 2. The lowest BCUT2D eigenvalue weighted by Crippen LogP contribution is -2.11. The van der Waals surface area contributed by atoms with E-state index >= 15 is 0 Å². The van der Waals surface area contributed by atoms with Crippen molar-refractivity contribution in [2.24, 2.45) is 0 Å². The molecule has 0 amide bonds. The third kappa shape index (κ3) is 4.78. The van der Waals surface area contributed by atoms with Gasteiger partial charge in [0.05, 0.1) is 12.3 Å². The lowest BCUT2D eigenvalue weighted by molar-refractivity contribution is 0.311. The fourth-order valence-corrected chi connectivity index (χ4v) is 2.79. The first-order valence-corrected chi connectivity index (χ1v) is 8.82. The number of hydrogen-bond donors (Lipinski definition) is 3. The van der Waals surface area contributed by atoms with E-state index in [0.29, 0.717) is 19.0 Å². The van der Waals surface area contributed by atoms with Crippen LogP contribution < -0.4 is 10.6 Å². The highest BCUT2D eigenvalue weighted by molar-refractivity contribution is 9.10. The molecular weight excluding hydrogens is 380 g/mol. The predicted molar refractivity (Wildman–Crippen MR) is 105 cm³/mol. The molecule has 0 aliphatic rings. The maximum atomic E-state index is 9.03. The standard InChI is InChI=1S/C19H19BrN4O/c20-16-9-5-4-8-15(16)13-22-18-12-17(14-6-2-1-3-7-14)23-19(24-18)21-10-11-25/h1-9,12,25H,10-11,13H2,(H2,21,22,23,24). The van der Waals surface area contributed by atoms with Crippen LogP contribution in [0.1, 0.15) is 5.56 Å². The minimum Gasteiger partial charge on any atom is -0.395 e. The van der Waals surface area contributed by atoms with Gasteiger partial charge in [0.25, 0.3) is 0 Å². The number of rotatable bonds is 7. The maximum absolute atomic E-state index is 9.03. The second kappa shape index (κ2) is 8.60. The number of nitrogens with one attached hydrogen (secondary N) is 2. The highest BCUT2D eigenvalue weighted by atomic mass is 79.9. The summed E-state index contributed by atoms with van der Waals surface area (Å²) in [4.78, 5) is 9.01. The molecule has 0 saturated carbocycles. The summed E-state index contributed by atoms with van der Waals surface area (Å²) in [5.74, 6) is 1.22. The van der Waals surface area contributed by atoms with E-state index < -0.39 is 0 Å². The average molecular weight is 399 g/mol. The molecule has 2 aromatic carbocycles. The quantitative estimate of drug-likeness (QED) is 0.562. The zero-order chi connectivity index (χ0) is 17.5. The van der Waals surface area contributed by atoms with Gasteiger partial charge in [-0.2, -0.15) is 4.98 Å². The van der Waals surface area contributed by atoms with Gasteiger partial charge >= 0.3 is 0 Å². The minimum atomic E-state index is 0.0264. The van der Waals surface area contributed by atoms with Crippen LogP contribution in [0.15, 0.2) is 65.1 Å². The maximum Gasteiger partial charge on any atom is 0.225 e. The zero-order valence-electron chi connectivity index (χ0n) is 13.6. The van der Waals surface area contributed by atoms with Crippen molar-refractivity contribution < 1.29 is 5.11 Å².